The zero-order valence-corrected chi connectivity index (χ0v) is 17.8. The molecule has 1 atom stereocenters. The standard InChI is InChI=1S/C22H20ClN5O3/c1-12(2)28-18-7-6-13(8-17(18)24-22(28)30)20-25-21(31-26-20)14-9-19(29)27(11-14)16-5-3-4-15(23)10-16/h3-8,10,12,14H,9,11H2,1-2H3,(H,24,30)/t14-/m1/s1. The molecule has 3 heterocycles. The molecule has 0 bridgehead atoms. The SMILES string of the molecule is CC(C)n1c(=O)[nH]c2cc(-c3noc([C@@H]4CC(=O)N(c5cccc(Cl)c5)C4)n3)ccc21. The molecule has 1 N–H and O–H groups in total. The van der Waals surface area contributed by atoms with Crippen molar-refractivity contribution in [3.63, 3.8) is 0 Å². The molecule has 31 heavy (non-hydrogen) atoms. The number of imidazole rings is 1. The second-order valence-corrected chi connectivity index (χ2v) is 8.40. The van der Waals surface area contributed by atoms with Gasteiger partial charge in [-0.2, -0.15) is 4.98 Å². The van der Waals surface area contributed by atoms with E-state index in [2.05, 4.69) is 15.1 Å². The summed E-state index contributed by atoms with van der Waals surface area (Å²) >= 11 is 6.06. The molecule has 0 unspecified atom stereocenters. The van der Waals surface area contributed by atoms with Crippen LogP contribution in [0.4, 0.5) is 5.69 Å². The minimum absolute atomic E-state index is 0.0129. The molecule has 0 aliphatic carbocycles. The fraction of sp³-hybridized carbons (Fsp3) is 0.273. The van der Waals surface area contributed by atoms with Gasteiger partial charge in [0.25, 0.3) is 0 Å². The Morgan fingerprint density at radius 3 is 2.81 bits per heavy atom. The van der Waals surface area contributed by atoms with E-state index in [-0.39, 0.29) is 30.0 Å². The molecule has 8 nitrogen and oxygen atoms in total. The summed E-state index contributed by atoms with van der Waals surface area (Å²) in [6.45, 7) is 4.37. The number of anilines is 1. The zero-order chi connectivity index (χ0) is 21.7. The van der Waals surface area contributed by atoms with Crippen molar-refractivity contribution in [1.82, 2.24) is 19.7 Å². The Labute approximate surface area is 182 Å². The lowest BCUT2D eigenvalue weighted by Crippen LogP contribution is -2.24. The summed E-state index contributed by atoms with van der Waals surface area (Å²) in [7, 11) is 0. The number of hydrogen-bond donors (Lipinski definition) is 1. The molecule has 1 aliphatic heterocycles. The summed E-state index contributed by atoms with van der Waals surface area (Å²) in [5.74, 6) is 0.629. The predicted octanol–water partition coefficient (Wildman–Crippen LogP) is 4.13. The van der Waals surface area contributed by atoms with Crippen molar-refractivity contribution >= 4 is 34.2 Å². The average Bonchev–Trinajstić information content (AvgIpc) is 3.43. The number of fused-ring (bicyclic) bond motifs is 1. The molecule has 2 aromatic carbocycles. The number of aromatic amines is 1. The average molecular weight is 438 g/mol. The van der Waals surface area contributed by atoms with Crippen molar-refractivity contribution in [3.8, 4) is 11.4 Å². The molecule has 1 aliphatic rings. The molecule has 4 aromatic rings. The number of carbonyl (C=O) groups is 1. The number of H-pyrrole nitrogens is 1. The van der Waals surface area contributed by atoms with Crippen molar-refractivity contribution in [2.45, 2.75) is 32.2 Å². The monoisotopic (exact) mass is 437 g/mol. The van der Waals surface area contributed by atoms with Crippen LogP contribution in [0.2, 0.25) is 5.02 Å². The van der Waals surface area contributed by atoms with Gasteiger partial charge < -0.3 is 14.4 Å². The highest BCUT2D eigenvalue weighted by Gasteiger charge is 2.35. The maximum absolute atomic E-state index is 12.5. The van der Waals surface area contributed by atoms with E-state index in [1.807, 2.05) is 44.2 Å². The minimum Gasteiger partial charge on any atom is -0.339 e. The lowest BCUT2D eigenvalue weighted by molar-refractivity contribution is -0.117. The van der Waals surface area contributed by atoms with E-state index in [1.165, 1.54) is 0 Å². The fourth-order valence-corrected chi connectivity index (χ4v) is 4.25. The van der Waals surface area contributed by atoms with Crippen LogP contribution in [0.25, 0.3) is 22.4 Å². The molecule has 5 rings (SSSR count). The molecule has 0 radical (unpaired) electrons. The first kappa shape index (κ1) is 19.6. The zero-order valence-electron chi connectivity index (χ0n) is 17.0. The van der Waals surface area contributed by atoms with Crippen molar-refractivity contribution in [2.24, 2.45) is 0 Å². The number of halogens is 1. The van der Waals surface area contributed by atoms with Gasteiger partial charge in [0.05, 0.1) is 17.0 Å². The summed E-state index contributed by atoms with van der Waals surface area (Å²) < 4.78 is 7.20. The first-order chi connectivity index (χ1) is 14.9. The summed E-state index contributed by atoms with van der Waals surface area (Å²) in [5.41, 5.74) is 2.87. The maximum atomic E-state index is 12.5. The highest BCUT2D eigenvalue weighted by Crippen LogP contribution is 2.33. The number of amides is 1. The van der Waals surface area contributed by atoms with E-state index in [9.17, 15) is 9.59 Å². The Balaban J connectivity index is 1.41. The van der Waals surface area contributed by atoms with Gasteiger partial charge in [0.2, 0.25) is 17.6 Å². The van der Waals surface area contributed by atoms with Gasteiger partial charge in [-0.25, -0.2) is 4.79 Å². The lowest BCUT2D eigenvalue weighted by Gasteiger charge is -2.16. The van der Waals surface area contributed by atoms with E-state index in [4.69, 9.17) is 16.1 Å². The summed E-state index contributed by atoms with van der Waals surface area (Å²) in [6.07, 6.45) is 0.289. The second kappa shape index (κ2) is 7.39. The van der Waals surface area contributed by atoms with Crippen LogP contribution in [0.3, 0.4) is 0 Å². The smallest absolute Gasteiger partial charge is 0.326 e. The minimum atomic E-state index is -0.196. The number of nitrogens with one attached hydrogen (secondary N) is 1. The van der Waals surface area contributed by atoms with Crippen molar-refractivity contribution < 1.29 is 9.32 Å². The van der Waals surface area contributed by atoms with Gasteiger partial charge in [-0.15, -0.1) is 0 Å². The van der Waals surface area contributed by atoms with E-state index in [0.29, 0.717) is 28.8 Å². The predicted molar refractivity (Wildman–Crippen MR) is 117 cm³/mol. The molecule has 9 heteroatoms. The van der Waals surface area contributed by atoms with Crippen LogP contribution in [0.15, 0.2) is 51.8 Å². The van der Waals surface area contributed by atoms with Crippen LogP contribution in [0.5, 0.6) is 0 Å². The third kappa shape index (κ3) is 3.42. The Kier molecular flexibility index (Phi) is 4.66. The molecule has 158 valence electrons. The number of benzene rings is 2. The third-order valence-electron chi connectivity index (χ3n) is 5.53. The van der Waals surface area contributed by atoms with Gasteiger partial charge in [0, 0.05) is 35.3 Å². The van der Waals surface area contributed by atoms with Crippen LogP contribution in [-0.2, 0) is 4.79 Å². The van der Waals surface area contributed by atoms with Gasteiger partial charge >= 0.3 is 5.69 Å². The number of aromatic nitrogens is 4. The summed E-state index contributed by atoms with van der Waals surface area (Å²) in [4.78, 5) is 33.8. The highest BCUT2D eigenvalue weighted by molar-refractivity contribution is 6.30. The number of nitrogens with zero attached hydrogens (tertiary/aromatic N) is 4. The van der Waals surface area contributed by atoms with E-state index in [1.54, 1.807) is 21.6 Å². The van der Waals surface area contributed by atoms with Crippen LogP contribution < -0.4 is 10.6 Å². The molecular formula is C22H20ClN5O3. The molecule has 1 saturated heterocycles. The summed E-state index contributed by atoms with van der Waals surface area (Å²) in [6, 6.07) is 12.8. The maximum Gasteiger partial charge on any atom is 0.326 e. The molecule has 2 aromatic heterocycles. The van der Waals surface area contributed by atoms with Crippen molar-refractivity contribution in [2.75, 3.05) is 11.4 Å². The Morgan fingerprint density at radius 1 is 1.19 bits per heavy atom. The van der Waals surface area contributed by atoms with Gasteiger partial charge in [-0.1, -0.05) is 22.8 Å². The lowest BCUT2D eigenvalue weighted by atomic mass is 10.1. The summed E-state index contributed by atoms with van der Waals surface area (Å²) in [5, 5.41) is 4.68. The quantitative estimate of drug-likeness (QED) is 0.517. The molecular weight excluding hydrogens is 418 g/mol. The topological polar surface area (TPSA) is 97.0 Å². The van der Waals surface area contributed by atoms with Crippen LogP contribution in [0, 0.1) is 0 Å². The van der Waals surface area contributed by atoms with Crippen molar-refractivity contribution in [3.05, 3.63) is 63.9 Å². The molecule has 0 saturated carbocycles. The second-order valence-electron chi connectivity index (χ2n) is 7.97. The van der Waals surface area contributed by atoms with Crippen LogP contribution in [0.1, 0.15) is 38.1 Å². The van der Waals surface area contributed by atoms with Gasteiger partial charge in [0.1, 0.15) is 0 Å². The first-order valence-electron chi connectivity index (χ1n) is 10.0. The molecule has 0 spiro atoms. The van der Waals surface area contributed by atoms with E-state index < -0.39 is 0 Å². The van der Waals surface area contributed by atoms with E-state index in [0.717, 1.165) is 16.8 Å². The van der Waals surface area contributed by atoms with Gasteiger partial charge in [-0.3, -0.25) is 9.36 Å². The normalized spacial score (nSPS) is 16.7. The molecule has 1 fully saturated rings. The largest absolute Gasteiger partial charge is 0.339 e. The number of rotatable bonds is 4. The van der Waals surface area contributed by atoms with Crippen LogP contribution >= 0.6 is 11.6 Å². The Morgan fingerprint density at radius 2 is 2.03 bits per heavy atom. The van der Waals surface area contributed by atoms with Gasteiger partial charge in [0.15, 0.2) is 0 Å². The van der Waals surface area contributed by atoms with Crippen molar-refractivity contribution in [1.29, 1.82) is 0 Å². The Bertz CT molecular complexity index is 1350. The van der Waals surface area contributed by atoms with Crippen LogP contribution in [-0.4, -0.2) is 32.1 Å². The highest BCUT2D eigenvalue weighted by atomic mass is 35.5. The van der Waals surface area contributed by atoms with Gasteiger partial charge in [-0.05, 0) is 50.2 Å². The number of hydrogen-bond acceptors (Lipinski definition) is 5. The third-order valence-corrected chi connectivity index (χ3v) is 5.76. The van der Waals surface area contributed by atoms with E-state index >= 15 is 0 Å². The number of carbonyl (C=O) groups excluding carboxylic acids is 1. The Hall–Kier alpha value is -3.39. The molecule has 1 amide bonds. The first-order valence-corrected chi connectivity index (χ1v) is 10.4. The fourth-order valence-electron chi connectivity index (χ4n) is 4.07.